The summed E-state index contributed by atoms with van der Waals surface area (Å²) in [5.74, 6) is 0.284. The van der Waals surface area contributed by atoms with Crippen LogP contribution in [0.5, 0.6) is 0 Å². The van der Waals surface area contributed by atoms with Gasteiger partial charge in [-0.05, 0) is 145 Å². The summed E-state index contributed by atoms with van der Waals surface area (Å²) >= 11 is 0. The average molecular weight is 589 g/mol. The maximum absolute atomic E-state index is 12.0. The summed E-state index contributed by atoms with van der Waals surface area (Å²) in [5.41, 5.74) is 3.43. The lowest BCUT2D eigenvalue weighted by atomic mass is 9.32. The number of rotatable bonds is 5. The number of aliphatic hydroxyl groups is 1. The number of carboxylic acids is 2. The van der Waals surface area contributed by atoms with E-state index in [-0.39, 0.29) is 38.2 Å². The van der Waals surface area contributed by atoms with Gasteiger partial charge in [0.15, 0.2) is 0 Å². The smallest absolute Gasteiger partial charge is 0.336 e. The number of carbonyl (C=O) groups is 2. The van der Waals surface area contributed by atoms with Gasteiger partial charge in [-0.15, -0.1) is 0 Å². The number of carboxylic acid groups (broad SMARTS) is 2. The molecule has 3 N–H and O–H groups in total. The van der Waals surface area contributed by atoms with Gasteiger partial charge in [-0.1, -0.05) is 58.9 Å². The SMILES string of the molecule is C=C(C)C1CCC2(CO)CCC3(C)C(CCC4C5(C)CC=C(c6ccc(C(=O)O)c(C(=O)O)c6)C(C)(C)C5CCC43C)C12. The third kappa shape index (κ3) is 3.98. The molecule has 5 heteroatoms. The topological polar surface area (TPSA) is 94.8 Å². The van der Waals surface area contributed by atoms with Crippen LogP contribution in [0.3, 0.4) is 0 Å². The number of allylic oxidation sites excluding steroid dienone is 3. The van der Waals surface area contributed by atoms with Gasteiger partial charge in [0.2, 0.25) is 0 Å². The highest BCUT2D eigenvalue weighted by Crippen LogP contribution is 2.77. The van der Waals surface area contributed by atoms with Crippen molar-refractivity contribution in [3.63, 3.8) is 0 Å². The van der Waals surface area contributed by atoms with Gasteiger partial charge in [-0.3, -0.25) is 0 Å². The summed E-state index contributed by atoms with van der Waals surface area (Å²) in [6, 6.07) is 4.85. The Bertz CT molecular complexity index is 1400. The van der Waals surface area contributed by atoms with Crippen molar-refractivity contribution in [3.8, 4) is 0 Å². The third-order valence-corrected chi connectivity index (χ3v) is 14.9. The van der Waals surface area contributed by atoms with Crippen molar-refractivity contribution >= 4 is 17.5 Å². The summed E-state index contributed by atoms with van der Waals surface area (Å²) in [6.45, 7) is 19.4. The first-order valence-corrected chi connectivity index (χ1v) is 16.7. The third-order valence-electron chi connectivity index (χ3n) is 14.9. The molecule has 0 aromatic heterocycles. The van der Waals surface area contributed by atoms with E-state index in [9.17, 15) is 24.9 Å². The van der Waals surface area contributed by atoms with Crippen LogP contribution in [0.15, 0.2) is 36.4 Å². The van der Waals surface area contributed by atoms with E-state index in [0.29, 0.717) is 36.2 Å². The Hall–Kier alpha value is -2.40. The minimum atomic E-state index is -1.21. The zero-order valence-corrected chi connectivity index (χ0v) is 27.1. The highest BCUT2D eigenvalue weighted by atomic mass is 16.4. The van der Waals surface area contributed by atoms with Gasteiger partial charge < -0.3 is 15.3 Å². The van der Waals surface area contributed by atoms with Crippen molar-refractivity contribution in [2.75, 3.05) is 6.61 Å². The molecular formula is C38H52O5. The Morgan fingerprint density at radius 2 is 1.56 bits per heavy atom. The van der Waals surface area contributed by atoms with E-state index in [1.165, 1.54) is 43.7 Å². The number of aliphatic hydroxyl groups excluding tert-OH is 1. The molecule has 1 aromatic rings. The predicted molar refractivity (Wildman–Crippen MR) is 170 cm³/mol. The van der Waals surface area contributed by atoms with Crippen LogP contribution < -0.4 is 0 Å². The van der Waals surface area contributed by atoms with Crippen molar-refractivity contribution in [3.05, 3.63) is 53.1 Å². The van der Waals surface area contributed by atoms with Crippen LogP contribution in [0.1, 0.15) is 126 Å². The minimum absolute atomic E-state index is 0.0631. The van der Waals surface area contributed by atoms with E-state index >= 15 is 0 Å². The lowest BCUT2D eigenvalue weighted by Gasteiger charge is -2.72. The van der Waals surface area contributed by atoms with E-state index in [0.717, 1.165) is 36.8 Å². The van der Waals surface area contributed by atoms with Crippen LogP contribution >= 0.6 is 0 Å². The molecule has 4 fully saturated rings. The second-order valence-corrected chi connectivity index (χ2v) is 16.6. The van der Waals surface area contributed by atoms with Crippen LogP contribution in [0.2, 0.25) is 0 Å². The molecule has 0 heterocycles. The van der Waals surface area contributed by atoms with Crippen molar-refractivity contribution < 1.29 is 24.9 Å². The van der Waals surface area contributed by atoms with Crippen molar-refractivity contribution in [1.82, 2.24) is 0 Å². The van der Waals surface area contributed by atoms with Crippen LogP contribution in [0.4, 0.5) is 0 Å². The molecule has 0 saturated heterocycles. The van der Waals surface area contributed by atoms with E-state index in [1.54, 1.807) is 12.1 Å². The molecule has 1 aromatic carbocycles. The first-order valence-electron chi connectivity index (χ1n) is 16.7. The molecule has 5 nitrogen and oxygen atoms in total. The second-order valence-electron chi connectivity index (χ2n) is 16.6. The normalized spacial score (nSPS) is 43.0. The molecule has 9 unspecified atom stereocenters. The van der Waals surface area contributed by atoms with Gasteiger partial charge in [0, 0.05) is 6.61 Å². The van der Waals surface area contributed by atoms with Gasteiger partial charge >= 0.3 is 11.9 Å². The fourth-order valence-electron chi connectivity index (χ4n) is 12.7. The lowest BCUT2D eigenvalue weighted by Crippen LogP contribution is -2.65. The number of fused-ring (bicyclic) bond motifs is 7. The van der Waals surface area contributed by atoms with E-state index in [4.69, 9.17) is 0 Å². The van der Waals surface area contributed by atoms with E-state index < -0.39 is 11.9 Å². The zero-order valence-electron chi connectivity index (χ0n) is 27.1. The number of benzene rings is 1. The molecule has 5 aliphatic rings. The Labute approximate surface area is 257 Å². The molecule has 5 aliphatic carbocycles. The summed E-state index contributed by atoms with van der Waals surface area (Å²) in [6.07, 6.45) is 12.7. The molecule has 4 saturated carbocycles. The van der Waals surface area contributed by atoms with Crippen LogP contribution in [0, 0.1) is 56.7 Å². The first kappa shape index (κ1) is 30.6. The standard InChI is InChI=1S/C38H52O5/c1-22(2)24-12-17-38(21-39)19-18-36(6)28(31(24)38)10-11-30-35(5)15-13-27(34(3,4)29(35)14-16-37(30,36)7)23-8-9-25(32(40)41)26(20-23)33(42)43/h8-9,13,20,24,28-31,39H,1,10-12,14-19,21H2,2-7H3,(H,40,41)(H,42,43). The van der Waals surface area contributed by atoms with Gasteiger partial charge in [0.25, 0.3) is 0 Å². The van der Waals surface area contributed by atoms with Crippen LogP contribution in [-0.4, -0.2) is 33.9 Å². The molecule has 0 bridgehead atoms. The van der Waals surface area contributed by atoms with Crippen LogP contribution in [-0.2, 0) is 0 Å². The Morgan fingerprint density at radius 3 is 2.19 bits per heavy atom. The average Bonchev–Trinajstić information content (AvgIpc) is 3.33. The number of hydrogen-bond donors (Lipinski definition) is 3. The zero-order chi connectivity index (χ0) is 31.3. The van der Waals surface area contributed by atoms with Crippen LogP contribution in [0.25, 0.3) is 5.57 Å². The predicted octanol–water partition coefficient (Wildman–Crippen LogP) is 8.73. The van der Waals surface area contributed by atoms with Gasteiger partial charge in [-0.25, -0.2) is 9.59 Å². The highest BCUT2D eigenvalue weighted by Gasteiger charge is 2.70. The number of aromatic carboxylic acids is 2. The maximum Gasteiger partial charge on any atom is 0.336 e. The Kier molecular flexibility index (Phi) is 6.98. The largest absolute Gasteiger partial charge is 0.478 e. The molecule has 0 aliphatic heterocycles. The molecular weight excluding hydrogens is 536 g/mol. The summed E-state index contributed by atoms with van der Waals surface area (Å²) in [7, 11) is 0. The monoisotopic (exact) mass is 588 g/mol. The van der Waals surface area contributed by atoms with Crippen molar-refractivity contribution in [2.24, 2.45) is 56.7 Å². The first-order chi connectivity index (χ1) is 20.1. The Morgan fingerprint density at radius 1 is 0.860 bits per heavy atom. The van der Waals surface area contributed by atoms with E-state index in [1.807, 2.05) is 0 Å². The van der Waals surface area contributed by atoms with Gasteiger partial charge in [0.05, 0.1) is 11.1 Å². The second kappa shape index (κ2) is 9.80. The molecule has 43 heavy (non-hydrogen) atoms. The fourth-order valence-corrected chi connectivity index (χ4v) is 12.7. The van der Waals surface area contributed by atoms with Crippen molar-refractivity contribution in [2.45, 2.75) is 99.3 Å². The molecule has 0 spiro atoms. The van der Waals surface area contributed by atoms with Gasteiger partial charge in [-0.2, -0.15) is 0 Å². The molecule has 0 radical (unpaired) electrons. The molecule has 9 atom stereocenters. The molecule has 0 amide bonds. The minimum Gasteiger partial charge on any atom is -0.478 e. The quantitative estimate of drug-likeness (QED) is 0.299. The molecule has 6 rings (SSSR count). The fraction of sp³-hybridized carbons (Fsp3) is 0.684. The maximum atomic E-state index is 12.0. The highest BCUT2D eigenvalue weighted by molar-refractivity contribution is 6.02. The van der Waals surface area contributed by atoms with E-state index in [2.05, 4.69) is 54.2 Å². The van der Waals surface area contributed by atoms with Gasteiger partial charge in [0.1, 0.15) is 0 Å². The van der Waals surface area contributed by atoms with Crippen molar-refractivity contribution in [1.29, 1.82) is 0 Å². The Balaban J connectivity index is 1.38. The summed E-state index contributed by atoms with van der Waals surface area (Å²) in [5, 5.41) is 30.2. The summed E-state index contributed by atoms with van der Waals surface area (Å²) < 4.78 is 0. The number of hydrogen-bond acceptors (Lipinski definition) is 3. The summed E-state index contributed by atoms with van der Waals surface area (Å²) in [4.78, 5) is 23.7. The lowest BCUT2D eigenvalue weighted by molar-refractivity contribution is -0.228. The molecule has 234 valence electrons.